The fraction of sp³-hybridized carbons (Fsp3) is 0.579. The second-order valence-corrected chi connectivity index (χ2v) is 6.73. The van der Waals surface area contributed by atoms with Gasteiger partial charge in [0.25, 0.3) is 5.91 Å². The van der Waals surface area contributed by atoms with Gasteiger partial charge in [-0.3, -0.25) is 9.59 Å². The molecule has 5 nitrogen and oxygen atoms in total. The Hall–Kier alpha value is -1.75. The lowest BCUT2D eigenvalue weighted by Crippen LogP contribution is -2.29. The standard InChI is InChI=1S/C19H28ClNO4/c1-13(2)15-11-16(20)14(3)10-17(15)25-12-18(22)21-9-7-5-6-8-19(23)24-4/h10-11,13H,5-9,12H2,1-4H3,(H,21,22). The number of ether oxygens (including phenoxy) is 2. The molecule has 0 saturated carbocycles. The third kappa shape index (κ3) is 7.78. The molecular weight excluding hydrogens is 342 g/mol. The van der Waals surface area contributed by atoms with E-state index in [9.17, 15) is 9.59 Å². The van der Waals surface area contributed by atoms with Crippen molar-refractivity contribution >= 4 is 23.5 Å². The van der Waals surface area contributed by atoms with Crippen molar-refractivity contribution < 1.29 is 19.1 Å². The first kappa shape index (κ1) is 21.3. The number of unbranched alkanes of at least 4 members (excludes halogenated alkanes) is 2. The van der Waals surface area contributed by atoms with Crippen LogP contribution in [0.4, 0.5) is 0 Å². The summed E-state index contributed by atoms with van der Waals surface area (Å²) in [4.78, 5) is 22.9. The van der Waals surface area contributed by atoms with Gasteiger partial charge in [0.1, 0.15) is 5.75 Å². The molecule has 1 aromatic rings. The van der Waals surface area contributed by atoms with E-state index >= 15 is 0 Å². The molecule has 140 valence electrons. The van der Waals surface area contributed by atoms with Gasteiger partial charge in [-0.2, -0.15) is 0 Å². The highest BCUT2D eigenvalue weighted by molar-refractivity contribution is 6.31. The molecule has 1 amide bonds. The van der Waals surface area contributed by atoms with Gasteiger partial charge in [-0.25, -0.2) is 0 Å². The minimum atomic E-state index is -0.198. The van der Waals surface area contributed by atoms with Crippen LogP contribution in [0.1, 0.15) is 56.6 Å². The second kappa shape index (κ2) is 11.0. The van der Waals surface area contributed by atoms with E-state index < -0.39 is 0 Å². The molecule has 0 aromatic heterocycles. The van der Waals surface area contributed by atoms with Crippen LogP contribution in [-0.4, -0.2) is 32.1 Å². The zero-order chi connectivity index (χ0) is 18.8. The molecule has 0 spiro atoms. The summed E-state index contributed by atoms with van der Waals surface area (Å²) in [6, 6.07) is 3.77. The summed E-state index contributed by atoms with van der Waals surface area (Å²) < 4.78 is 10.3. The molecule has 6 heteroatoms. The second-order valence-electron chi connectivity index (χ2n) is 6.32. The lowest BCUT2D eigenvalue weighted by Gasteiger charge is -2.16. The number of hydrogen-bond acceptors (Lipinski definition) is 4. The number of benzene rings is 1. The molecule has 1 rings (SSSR count). The molecule has 0 radical (unpaired) electrons. The van der Waals surface area contributed by atoms with Gasteiger partial charge in [0.15, 0.2) is 6.61 Å². The van der Waals surface area contributed by atoms with E-state index in [0.29, 0.717) is 23.7 Å². The summed E-state index contributed by atoms with van der Waals surface area (Å²) >= 11 is 6.17. The molecular formula is C19H28ClNO4. The van der Waals surface area contributed by atoms with Gasteiger partial charge in [-0.15, -0.1) is 0 Å². The average Bonchev–Trinajstić information content (AvgIpc) is 2.57. The Bertz CT molecular complexity index is 587. The fourth-order valence-electron chi connectivity index (χ4n) is 2.34. The number of amides is 1. The SMILES string of the molecule is COC(=O)CCCCCNC(=O)COc1cc(C)c(Cl)cc1C(C)C. The Morgan fingerprint density at radius 3 is 2.56 bits per heavy atom. The van der Waals surface area contributed by atoms with Crippen molar-refractivity contribution in [2.45, 2.75) is 52.4 Å². The number of aryl methyl sites for hydroxylation is 1. The Morgan fingerprint density at radius 2 is 1.92 bits per heavy atom. The molecule has 0 fully saturated rings. The first-order valence-corrected chi connectivity index (χ1v) is 8.99. The van der Waals surface area contributed by atoms with Crippen molar-refractivity contribution in [2.24, 2.45) is 0 Å². The number of rotatable bonds is 10. The highest BCUT2D eigenvalue weighted by atomic mass is 35.5. The zero-order valence-electron chi connectivity index (χ0n) is 15.5. The van der Waals surface area contributed by atoms with Crippen LogP contribution in [-0.2, 0) is 14.3 Å². The third-order valence-electron chi connectivity index (χ3n) is 3.88. The van der Waals surface area contributed by atoms with Crippen molar-refractivity contribution in [1.29, 1.82) is 0 Å². The number of halogens is 1. The topological polar surface area (TPSA) is 64.6 Å². The molecule has 0 aliphatic rings. The quantitative estimate of drug-likeness (QED) is 0.500. The monoisotopic (exact) mass is 369 g/mol. The van der Waals surface area contributed by atoms with E-state index in [1.165, 1.54) is 7.11 Å². The maximum absolute atomic E-state index is 11.9. The smallest absolute Gasteiger partial charge is 0.305 e. The average molecular weight is 370 g/mol. The summed E-state index contributed by atoms with van der Waals surface area (Å²) in [5, 5.41) is 3.52. The first-order chi connectivity index (χ1) is 11.8. The van der Waals surface area contributed by atoms with Crippen LogP contribution in [0.25, 0.3) is 0 Å². The van der Waals surface area contributed by atoms with Crippen molar-refractivity contribution in [2.75, 3.05) is 20.3 Å². The third-order valence-corrected chi connectivity index (χ3v) is 4.29. The number of esters is 1. The Kier molecular flexibility index (Phi) is 9.35. The summed E-state index contributed by atoms with van der Waals surface area (Å²) in [6.07, 6.45) is 2.87. The van der Waals surface area contributed by atoms with Gasteiger partial charge >= 0.3 is 5.97 Å². The lowest BCUT2D eigenvalue weighted by molar-refractivity contribution is -0.140. The highest BCUT2D eigenvalue weighted by Gasteiger charge is 2.12. The largest absolute Gasteiger partial charge is 0.483 e. The summed E-state index contributed by atoms with van der Waals surface area (Å²) in [6.45, 7) is 6.57. The zero-order valence-corrected chi connectivity index (χ0v) is 16.2. The van der Waals surface area contributed by atoms with E-state index in [-0.39, 0.29) is 24.4 Å². The van der Waals surface area contributed by atoms with Crippen molar-refractivity contribution in [3.8, 4) is 5.75 Å². The summed E-state index contributed by atoms with van der Waals surface area (Å²) in [5.41, 5.74) is 1.92. The van der Waals surface area contributed by atoms with Crippen molar-refractivity contribution in [3.63, 3.8) is 0 Å². The van der Waals surface area contributed by atoms with Crippen LogP contribution < -0.4 is 10.1 Å². The molecule has 0 unspecified atom stereocenters. The highest BCUT2D eigenvalue weighted by Crippen LogP contribution is 2.31. The van der Waals surface area contributed by atoms with Gasteiger partial charge in [0.05, 0.1) is 7.11 Å². The van der Waals surface area contributed by atoms with E-state index in [1.807, 2.05) is 19.1 Å². The summed E-state index contributed by atoms with van der Waals surface area (Å²) in [7, 11) is 1.38. The molecule has 0 aliphatic carbocycles. The van der Waals surface area contributed by atoms with Gasteiger partial charge in [0, 0.05) is 18.0 Å². The van der Waals surface area contributed by atoms with E-state index in [0.717, 1.165) is 30.4 Å². The Morgan fingerprint density at radius 1 is 1.20 bits per heavy atom. The first-order valence-electron chi connectivity index (χ1n) is 8.61. The van der Waals surface area contributed by atoms with Crippen molar-refractivity contribution in [3.05, 3.63) is 28.3 Å². The van der Waals surface area contributed by atoms with E-state index in [4.69, 9.17) is 16.3 Å². The Balaban J connectivity index is 2.35. The lowest BCUT2D eigenvalue weighted by atomic mass is 10.0. The van der Waals surface area contributed by atoms with Gasteiger partial charge < -0.3 is 14.8 Å². The van der Waals surface area contributed by atoms with Crippen LogP contribution in [0.5, 0.6) is 5.75 Å². The molecule has 0 saturated heterocycles. The van der Waals surface area contributed by atoms with Crippen molar-refractivity contribution in [1.82, 2.24) is 5.32 Å². The van der Waals surface area contributed by atoms with E-state index in [2.05, 4.69) is 23.9 Å². The summed E-state index contributed by atoms with van der Waals surface area (Å²) in [5.74, 6) is 0.600. The number of methoxy groups -OCH3 is 1. The normalized spacial score (nSPS) is 10.6. The van der Waals surface area contributed by atoms with Crippen LogP contribution in [0, 0.1) is 6.92 Å². The van der Waals surface area contributed by atoms with Gasteiger partial charge in [-0.1, -0.05) is 31.9 Å². The molecule has 1 N–H and O–H groups in total. The van der Waals surface area contributed by atoms with Crippen LogP contribution in [0.3, 0.4) is 0 Å². The fourth-order valence-corrected chi connectivity index (χ4v) is 2.51. The molecule has 25 heavy (non-hydrogen) atoms. The number of carbonyl (C=O) groups excluding carboxylic acids is 2. The Labute approximate surface area is 155 Å². The number of hydrogen-bond donors (Lipinski definition) is 1. The van der Waals surface area contributed by atoms with Crippen LogP contribution in [0.15, 0.2) is 12.1 Å². The molecule has 0 atom stereocenters. The van der Waals surface area contributed by atoms with E-state index in [1.54, 1.807) is 0 Å². The molecule has 0 aliphatic heterocycles. The predicted molar refractivity (Wildman–Crippen MR) is 99.3 cm³/mol. The predicted octanol–water partition coefficient (Wildman–Crippen LogP) is 4.00. The molecule has 0 bridgehead atoms. The minimum absolute atomic E-state index is 0.0248. The maximum Gasteiger partial charge on any atom is 0.305 e. The molecule has 0 heterocycles. The minimum Gasteiger partial charge on any atom is -0.483 e. The van der Waals surface area contributed by atoms with Gasteiger partial charge in [0.2, 0.25) is 0 Å². The maximum atomic E-state index is 11.9. The van der Waals surface area contributed by atoms with Crippen LogP contribution in [0.2, 0.25) is 5.02 Å². The van der Waals surface area contributed by atoms with Gasteiger partial charge in [-0.05, 0) is 48.9 Å². The number of nitrogens with one attached hydrogen (secondary N) is 1. The van der Waals surface area contributed by atoms with Crippen LogP contribution >= 0.6 is 11.6 Å². The number of carbonyl (C=O) groups is 2. The molecule has 1 aromatic carbocycles.